The largest absolute Gasteiger partial charge is 0.465 e. The summed E-state index contributed by atoms with van der Waals surface area (Å²) in [4.78, 5) is 78.2. The first-order valence-electron chi connectivity index (χ1n) is 19.9. The van der Waals surface area contributed by atoms with Gasteiger partial charge in [0.05, 0.1) is 84.7 Å². The van der Waals surface area contributed by atoms with Crippen LogP contribution in [0.3, 0.4) is 0 Å². The van der Waals surface area contributed by atoms with Crippen LogP contribution in [0.25, 0.3) is 0 Å². The second-order valence-corrected chi connectivity index (χ2v) is 13.8. The number of ether oxygens (including phenoxy) is 8. The van der Waals surface area contributed by atoms with Crippen molar-refractivity contribution < 1.29 is 97.3 Å². The molecule has 0 aromatic rings. The van der Waals surface area contributed by atoms with E-state index >= 15 is 0 Å². The zero-order valence-electron chi connectivity index (χ0n) is 34.9. The quantitative estimate of drug-likeness (QED) is 0.0260. The minimum absolute atomic E-state index is 0.00680. The van der Waals surface area contributed by atoms with Crippen molar-refractivity contribution in [2.24, 2.45) is 0 Å². The number of esters is 2. The van der Waals surface area contributed by atoms with Gasteiger partial charge in [-0.25, -0.2) is 0 Å². The Morgan fingerprint density at radius 3 is 1.43 bits per heavy atom. The second kappa shape index (κ2) is 28.8. The Kier molecular flexibility index (Phi) is 25.2. The van der Waals surface area contributed by atoms with Crippen molar-refractivity contribution in [1.82, 2.24) is 25.8 Å². The molecule has 0 spiro atoms. The third kappa shape index (κ3) is 19.9. The number of hydrogen-bond donors (Lipinski definition) is 9. The maximum atomic E-state index is 13.6. The maximum absolute atomic E-state index is 13.6. The van der Waals surface area contributed by atoms with Crippen LogP contribution in [-0.4, -0.2) is 243 Å². The number of aliphatic hydroxyl groups excluding tert-OH is 6. The summed E-state index contributed by atoms with van der Waals surface area (Å²) in [6.45, 7) is 2.56. The Morgan fingerprint density at radius 1 is 0.525 bits per heavy atom. The second-order valence-electron chi connectivity index (χ2n) is 13.8. The molecular formula is C36H63N5O20. The van der Waals surface area contributed by atoms with E-state index in [-0.39, 0.29) is 65.9 Å². The smallest absolute Gasteiger partial charge is 0.325 e. The Hall–Kier alpha value is -3.70. The topological polar surface area (TPSA) is 340 Å². The summed E-state index contributed by atoms with van der Waals surface area (Å²) < 4.78 is 42.0. The van der Waals surface area contributed by atoms with Gasteiger partial charge in [0, 0.05) is 13.1 Å². The van der Waals surface area contributed by atoms with Gasteiger partial charge in [-0.15, -0.1) is 0 Å². The molecule has 2 saturated heterocycles. The zero-order chi connectivity index (χ0) is 45.5. The molecule has 0 bridgehead atoms. The molecule has 25 nitrogen and oxygen atoms in total. The molecule has 0 aromatic carbocycles. The predicted octanol–water partition coefficient (Wildman–Crippen LogP) is -6.69. The van der Waals surface area contributed by atoms with Crippen LogP contribution in [0.15, 0.2) is 0 Å². The van der Waals surface area contributed by atoms with Crippen LogP contribution in [0.5, 0.6) is 0 Å². The summed E-state index contributed by atoms with van der Waals surface area (Å²) >= 11 is 0. The molecule has 2 fully saturated rings. The summed E-state index contributed by atoms with van der Waals surface area (Å²) in [7, 11) is 0. The Bertz CT molecular complexity index is 1300. The molecule has 0 saturated carbocycles. The van der Waals surface area contributed by atoms with Crippen molar-refractivity contribution in [1.29, 1.82) is 0 Å². The number of nitrogens with zero attached hydrogens (tertiary/aromatic N) is 2. The first-order chi connectivity index (χ1) is 29.0. The van der Waals surface area contributed by atoms with Gasteiger partial charge < -0.3 is 89.4 Å². The van der Waals surface area contributed by atoms with Gasteiger partial charge in [0.25, 0.3) is 0 Å². The van der Waals surface area contributed by atoms with E-state index in [1.54, 1.807) is 13.8 Å². The Balaban J connectivity index is 1.93. The molecule has 9 N–H and O–H groups in total. The number of aliphatic hydroxyl groups is 6. The summed E-state index contributed by atoms with van der Waals surface area (Å²) in [6, 6.07) is 0. The molecule has 0 aromatic heterocycles. The van der Waals surface area contributed by atoms with Gasteiger partial charge in [-0.1, -0.05) is 0 Å². The lowest BCUT2D eigenvalue weighted by atomic mass is 10.0. The van der Waals surface area contributed by atoms with Crippen molar-refractivity contribution in [3.05, 3.63) is 0 Å². The molecular weight excluding hydrogens is 822 g/mol. The van der Waals surface area contributed by atoms with Crippen LogP contribution in [0.4, 0.5) is 0 Å². The average molecular weight is 886 g/mol. The van der Waals surface area contributed by atoms with Gasteiger partial charge in [-0.05, 0) is 27.7 Å². The summed E-state index contributed by atoms with van der Waals surface area (Å²) in [5.74, 6) is -4.43. The van der Waals surface area contributed by atoms with Gasteiger partial charge in [0.1, 0.15) is 56.3 Å². The standard InChI is InChI=1S/C36H63N5O20/c1-5-56-27(46)15-39-23(42)16-40(20-28(47)57-6-2)19-26(45)41(17-24(43)37-7-9-54-11-13-58-35-33(52)31(50)29(48)21(3)60-35)18-25(44)38-8-10-55-12-14-59-36-34(53)32(51)30(49)22(4)61-36/h21-22,29-36,48-53H,5-20H2,1-4H3,(H,37,43)(H,38,44)(H,39,42)/t21-,22-,29-,30-,31+,32+,33+,34+,35+,36+/m0/s1. The maximum Gasteiger partial charge on any atom is 0.325 e. The van der Waals surface area contributed by atoms with Crippen molar-refractivity contribution in [3.8, 4) is 0 Å². The molecule has 352 valence electrons. The first-order valence-corrected chi connectivity index (χ1v) is 19.9. The molecule has 0 aliphatic carbocycles. The summed E-state index contributed by atoms with van der Waals surface area (Å²) in [6.07, 6.45) is -12.5. The van der Waals surface area contributed by atoms with Crippen LogP contribution in [0.2, 0.25) is 0 Å². The molecule has 0 radical (unpaired) electrons. The van der Waals surface area contributed by atoms with Crippen molar-refractivity contribution >= 4 is 35.6 Å². The van der Waals surface area contributed by atoms with E-state index < -0.39 is 136 Å². The van der Waals surface area contributed by atoms with Crippen LogP contribution in [0, 0.1) is 0 Å². The van der Waals surface area contributed by atoms with Crippen molar-refractivity contribution in [2.45, 2.75) is 89.1 Å². The molecule has 0 unspecified atom stereocenters. The van der Waals surface area contributed by atoms with E-state index in [1.165, 1.54) is 13.8 Å². The fourth-order valence-corrected chi connectivity index (χ4v) is 5.66. The number of hydrogen-bond acceptors (Lipinski definition) is 21. The van der Waals surface area contributed by atoms with Gasteiger partial charge in [-0.2, -0.15) is 0 Å². The summed E-state index contributed by atoms with van der Waals surface area (Å²) in [5, 5.41) is 67.0. The lowest BCUT2D eigenvalue weighted by Gasteiger charge is -2.38. The Labute approximate surface area is 352 Å². The highest BCUT2D eigenvalue weighted by molar-refractivity contribution is 5.90. The third-order valence-corrected chi connectivity index (χ3v) is 8.91. The fourth-order valence-electron chi connectivity index (χ4n) is 5.66. The van der Waals surface area contributed by atoms with Gasteiger partial charge in [-0.3, -0.25) is 33.7 Å². The monoisotopic (exact) mass is 885 g/mol. The fraction of sp³-hybridized carbons (Fsp3) is 0.833. The van der Waals surface area contributed by atoms with Gasteiger partial charge >= 0.3 is 11.9 Å². The molecule has 10 atom stereocenters. The number of amides is 4. The molecule has 2 aliphatic rings. The lowest BCUT2D eigenvalue weighted by molar-refractivity contribution is -0.294. The molecule has 2 aliphatic heterocycles. The highest BCUT2D eigenvalue weighted by Crippen LogP contribution is 2.22. The Morgan fingerprint density at radius 2 is 0.967 bits per heavy atom. The van der Waals surface area contributed by atoms with Crippen LogP contribution < -0.4 is 16.0 Å². The van der Waals surface area contributed by atoms with Gasteiger partial charge in [0.15, 0.2) is 12.6 Å². The third-order valence-electron chi connectivity index (χ3n) is 8.91. The summed E-state index contributed by atoms with van der Waals surface area (Å²) in [5.41, 5.74) is 0. The normalized spacial score (nSPS) is 26.3. The highest BCUT2D eigenvalue weighted by atomic mass is 16.7. The number of carbonyl (C=O) groups excluding carboxylic acids is 6. The van der Waals surface area contributed by atoms with Gasteiger partial charge in [0.2, 0.25) is 23.6 Å². The molecule has 4 amide bonds. The molecule has 61 heavy (non-hydrogen) atoms. The first kappa shape index (κ1) is 53.4. The molecule has 2 heterocycles. The van der Waals surface area contributed by atoms with Crippen molar-refractivity contribution in [3.63, 3.8) is 0 Å². The van der Waals surface area contributed by atoms with E-state index in [4.69, 9.17) is 37.9 Å². The predicted molar refractivity (Wildman–Crippen MR) is 204 cm³/mol. The van der Waals surface area contributed by atoms with Crippen molar-refractivity contribution in [2.75, 3.05) is 105 Å². The number of rotatable bonds is 28. The average Bonchev–Trinajstić information content (AvgIpc) is 3.21. The van der Waals surface area contributed by atoms with E-state index in [0.717, 1.165) is 9.80 Å². The van der Waals surface area contributed by atoms with Crippen LogP contribution in [0.1, 0.15) is 27.7 Å². The van der Waals surface area contributed by atoms with E-state index in [0.29, 0.717) is 0 Å². The van der Waals surface area contributed by atoms with Crippen LogP contribution >= 0.6 is 0 Å². The highest BCUT2D eigenvalue weighted by Gasteiger charge is 2.43. The minimum atomic E-state index is -1.49. The number of carbonyl (C=O) groups is 6. The molecule has 2 rings (SSSR count). The van der Waals surface area contributed by atoms with E-state index in [2.05, 4.69) is 16.0 Å². The van der Waals surface area contributed by atoms with Crippen LogP contribution in [-0.2, 0) is 66.7 Å². The number of nitrogens with one attached hydrogen (secondary N) is 3. The van der Waals surface area contributed by atoms with E-state index in [9.17, 15) is 59.4 Å². The minimum Gasteiger partial charge on any atom is -0.465 e. The lowest BCUT2D eigenvalue weighted by Crippen LogP contribution is -2.57. The van der Waals surface area contributed by atoms with E-state index in [1.807, 2.05) is 0 Å². The SMILES string of the molecule is CCOC(=O)CNC(=O)CN(CC(=O)OCC)CC(=O)N(CC(=O)NCCOCCO[C@@H]1O[C@@H](C)[C@H](O)[C@@H](O)[C@H]1O)CC(=O)NCCOCCO[C@@H]1O[C@@H](C)[C@H](O)[C@@H](O)[C@H]1O. The molecule has 25 heteroatoms. The zero-order valence-corrected chi connectivity index (χ0v) is 34.9.